The number of nitrogen functional groups attached to an aromatic ring is 1. The van der Waals surface area contributed by atoms with Crippen molar-refractivity contribution in [3.05, 3.63) is 233 Å². The molecule has 0 bridgehead atoms. The van der Waals surface area contributed by atoms with Crippen molar-refractivity contribution < 1.29 is 0 Å². The van der Waals surface area contributed by atoms with Crippen molar-refractivity contribution in [2.45, 2.75) is 0 Å². The number of pyridine rings is 2. The fourth-order valence-corrected chi connectivity index (χ4v) is 7.42. The molecule has 0 fully saturated rings. The summed E-state index contributed by atoms with van der Waals surface area (Å²) in [7, 11) is 4.07. The van der Waals surface area contributed by atoms with Gasteiger partial charge in [0.2, 0.25) is 0 Å². The number of para-hydroxylation sites is 3. The summed E-state index contributed by atoms with van der Waals surface area (Å²) in [6, 6.07) is 65.2. The Hall–Kier alpha value is -7.02. The number of nitrogens with two attached hydrogens (primary N) is 1. The van der Waals surface area contributed by atoms with E-state index in [0.717, 1.165) is 76.0 Å². The van der Waals surface area contributed by atoms with E-state index < -0.39 is 0 Å². The number of hydrogen-bond donors (Lipinski definition) is 1. The molecule has 0 saturated heterocycles. The average molecular weight is 1050 g/mol. The van der Waals surface area contributed by atoms with Crippen LogP contribution in [0.3, 0.4) is 0 Å². The highest BCUT2D eigenvalue weighted by Crippen LogP contribution is 2.32. The van der Waals surface area contributed by atoms with Crippen LogP contribution in [-0.4, -0.2) is 49.2 Å². The molecule has 332 valence electrons. The number of benzene rings is 7. The first kappa shape index (κ1) is 47.9. The Morgan fingerprint density at radius 3 is 1.48 bits per heavy atom. The van der Waals surface area contributed by atoms with E-state index in [1.54, 1.807) is 6.20 Å². The minimum absolute atomic E-state index is 0.293. The maximum atomic E-state index is 6.06. The van der Waals surface area contributed by atoms with Crippen LogP contribution in [0.1, 0.15) is 11.1 Å². The van der Waals surface area contributed by atoms with E-state index in [1.165, 1.54) is 5.69 Å². The van der Waals surface area contributed by atoms with Crippen molar-refractivity contribution in [3.63, 3.8) is 0 Å². The van der Waals surface area contributed by atoms with Crippen molar-refractivity contribution in [1.82, 2.24) is 24.7 Å². The first-order valence-electron chi connectivity index (χ1n) is 20.9. The van der Waals surface area contributed by atoms with Crippen LogP contribution in [-0.2, 0) is 0 Å². The lowest BCUT2D eigenvalue weighted by atomic mass is 10.1. The van der Waals surface area contributed by atoms with Gasteiger partial charge < -0.3 is 10.6 Å². The zero-order valence-corrected chi connectivity index (χ0v) is 41.1. The van der Waals surface area contributed by atoms with E-state index in [0.29, 0.717) is 10.3 Å². The Morgan fingerprint density at radius 2 is 0.940 bits per heavy atom. The van der Waals surface area contributed by atoms with Gasteiger partial charge in [0.15, 0.2) is 22.0 Å². The molecule has 0 aliphatic carbocycles. The number of nitrogens with zero attached hydrogens (tertiary/aromatic N) is 8. The van der Waals surface area contributed by atoms with Crippen LogP contribution in [0.2, 0.25) is 0 Å². The molecular weight excluding hydrogens is 1010 g/mol. The van der Waals surface area contributed by atoms with Gasteiger partial charge in [0.1, 0.15) is 0 Å². The molecule has 0 radical (unpaired) electrons. The molecule has 2 N–H and O–H groups in total. The molecule has 3 aromatic heterocycles. The largest absolute Gasteiger partial charge is 0.397 e. The topological polar surface area (TPSA) is 110 Å². The summed E-state index contributed by atoms with van der Waals surface area (Å²) in [5.74, 6) is 1.57. The molecule has 7 aromatic carbocycles. The number of halogens is 4. The molecule has 13 heteroatoms. The fraction of sp³-hybridized carbons (Fsp3) is 0.0370. The molecule has 10 rings (SSSR count). The van der Waals surface area contributed by atoms with Crippen molar-refractivity contribution in [1.29, 1.82) is 0 Å². The molecule has 0 atom stereocenters. The maximum absolute atomic E-state index is 6.06. The van der Waals surface area contributed by atoms with Crippen LogP contribution in [0.15, 0.2) is 232 Å². The lowest BCUT2D eigenvalue weighted by Crippen LogP contribution is -2.07. The molecule has 0 aliphatic rings. The average Bonchev–Trinajstić information content (AvgIpc) is 3.82. The van der Waals surface area contributed by atoms with E-state index in [2.05, 4.69) is 102 Å². The Labute approximate surface area is 416 Å². The van der Waals surface area contributed by atoms with Crippen molar-refractivity contribution in [2.24, 2.45) is 10.2 Å². The van der Waals surface area contributed by atoms with Crippen LogP contribution in [0.5, 0.6) is 0 Å². The SMILES string of the molecule is Brc1ccc(-c2nnc(-c3ccccc3)n2-c2cccc3cccnc23)cc1.CN(C)c1ccccc1.Cl/C(=N\N=C(/Cl)c1ccc(Br)cc1)c1ccccc1.Nc1cccc2cccnc12. The van der Waals surface area contributed by atoms with Crippen LogP contribution in [0.25, 0.3) is 50.3 Å². The molecule has 67 heavy (non-hydrogen) atoms. The molecule has 10 aromatic rings. The first-order valence-corrected chi connectivity index (χ1v) is 23.2. The lowest BCUT2D eigenvalue weighted by Gasteiger charge is -2.13. The summed E-state index contributed by atoms with van der Waals surface area (Å²) in [5.41, 5.74) is 14.0. The summed E-state index contributed by atoms with van der Waals surface area (Å²) in [5, 5.41) is 19.7. The minimum atomic E-state index is 0.293. The van der Waals surface area contributed by atoms with Gasteiger partial charge in [0.25, 0.3) is 0 Å². The summed E-state index contributed by atoms with van der Waals surface area (Å²) in [4.78, 5) is 10.9. The van der Waals surface area contributed by atoms with Crippen LogP contribution < -0.4 is 10.6 Å². The van der Waals surface area contributed by atoms with Gasteiger partial charge in [-0.15, -0.1) is 20.4 Å². The van der Waals surface area contributed by atoms with Gasteiger partial charge in [-0.1, -0.05) is 195 Å². The second-order valence-electron chi connectivity index (χ2n) is 14.7. The van der Waals surface area contributed by atoms with Crippen LogP contribution in [0, 0.1) is 0 Å². The van der Waals surface area contributed by atoms with E-state index in [4.69, 9.17) is 28.9 Å². The monoisotopic (exact) mass is 1050 g/mol. The van der Waals surface area contributed by atoms with Crippen molar-refractivity contribution >= 4 is 98.6 Å². The Bertz CT molecular complexity index is 3190. The third kappa shape index (κ3) is 13.1. The van der Waals surface area contributed by atoms with E-state index >= 15 is 0 Å². The standard InChI is InChI=1S/C23H15BrN4.C14H9BrCl2N2.C9H8N2.C8H11N/c24-19-13-11-18(12-14-19)23-27-26-22(17-6-2-1-3-7-17)28(23)20-10-4-8-16-9-5-15-25-21(16)20;15-12-8-6-11(7-9-12)14(17)19-18-13(16)10-4-2-1-3-5-10;10-8-5-1-3-7-4-2-6-11-9(7)8;1-9(2)8-6-4-3-5-7-8/h1-15H;1-9H;1-6H,10H2;3-7H,1-2H3/b;18-13-,19-14-;;. The minimum Gasteiger partial charge on any atom is -0.397 e. The smallest absolute Gasteiger partial charge is 0.168 e. The van der Waals surface area contributed by atoms with Gasteiger partial charge in [-0.05, 0) is 60.7 Å². The van der Waals surface area contributed by atoms with Crippen molar-refractivity contribution in [3.8, 4) is 28.5 Å². The zero-order valence-electron chi connectivity index (χ0n) is 36.4. The second-order valence-corrected chi connectivity index (χ2v) is 17.3. The summed E-state index contributed by atoms with van der Waals surface area (Å²) in [6.45, 7) is 0. The molecular formula is C54H43Br2Cl2N9. The molecule has 0 spiro atoms. The molecule has 0 saturated carbocycles. The molecule has 9 nitrogen and oxygen atoms in total. The number of aromatic nitrogens is 5. The Balaban J connectivity index is 0.000000147. The van der Waals surface area contributed by atoms with Crippen LogP contribution in [0.4, 0.5) is 11.4 Å². The zero-order chi connectivity index (χ0) is 47.0. The van der Waals surface area contributed by atoms with Gasteiger partial charge >= 0.3 is 0 Å². The van der Waals surface area contributed by atoms with E-state index in [-0.39, 0.29) is 0 Å². The summed E-state index contributed by atoms with van der Waals surface area (Å²) >= 11 is 19.0. The summed E-state index contributed by atoms with van der Waals surface area (Å²) in [6.07, 6.45) is 3.57. The van der Waals surface area contributed by atoms with Gasteiger partial charge in [0.05, 0.1) is 22.4 Å². The van der Waals surface area contributed by atoms with Gasteiger partial charge in [-0.2, -0.15) is 0 Å². The molecule has 0 aliphatic heterocycles. The van der Waals surface area contributed by atoms with Gasteiger partial charge in [-0.25, -0.2) is 0 Å². The van der Waals surface area contributed by atoms with E-state index in [9.17, 15) is 0 Å². The van der Waals surface area contributed by atoms with Gasteiger partial charge in [-0.3, -0.25) is 14.5 Å². The number of fused-ring (bicyclic) bond motifs is 2. The number of rotatable bonds is 7. The fourth-order valence-electron chi connectivity index (χ4n) is 6.56. The Morgan fingerprint density at radius 1 is 0.493 bits per heavy atom. The highest BCUT2D eigenvalue weighted by Gasteiger charge is 2.19. The molecule has 0 unspecified atom stereocenters. The predicted molar refractivity (Wildman–Crippen MR) is 288 cm³/mol. The van der Waals surface area contributed by atoms with Crippen molar-refractivity contribution in [2.75, 3.05) is 24.7 Å². The highest BCUT2D eigenvalue weighted by atomic mass is 79.9. The quantitative estimate of drug-likeness (QED) is 0.0967. The highest BCUT2D eigenvalue weighted by molar-refractivity contribution is 9.10. The Kier molecular flexibility index (Phi) is 17.1. The third-order valence-electron chi connectivity index (χ3n) is 9.91. The normalized spacial score (nSPS) is 11.1. The lowest BCUT2D eigenvalue weighted by molar-refractivity contribution is 1.08. The van der Waals surface area contributed by atoms with Gasteiger partial charge in [0, 0.05) is 74.1 Å². The maximum Gasteiger partial charge on any atom is 0.168 e. The third-order valence-corrected chi connectivity index (χ3v) is 11.6. The second kappa shape index (κ2) is 24.0. The molecule has 0 amide bonds. The van der Waals surface area contributed by atoms with Crippen LogP contribution >= 0.6 is 55.1 Å². The number of anilines is 2. The predicted octanol–water partition coefficient (Wildman–Crippen LogP) is 14.5. The number of hydrogen-bond acceptors (Lipinski definition) is 8. The summed E-state index contributed by atoms with van der Waals surface area (Å²) < 4.78 is 4.09. The van der Waals surface area contributed by atoms with E-state index in [1.807, 2.05) is 190 Å². The first-order chi connectivity index (χ1) is 32.7. The molecule has 3 heterocycles.